The van der Waals surface area contributed by atoms with E-state index < -0.39 is 46.9 Å². The maximum Gasteiger partial charge on any atom is 0.466 e. The van der Waals surface area contributed by atoms with E-state index in [-0.39, 0.29) is 11.5 Å². The zero-order valence-corrected chi connectivity index (χ0v) is 14.5. The second-order valence-corrected chi connectivity index (χ2v) is 7.71. The summed E-state index contributed by atoms with van der Waals surface area (Å²) in [4.78, 5) is 0. The summed E-state index contributed by atoms with van der Waals surface area (Å²) in [5, 5.41) is 41.8. The van der Waals surface area contributed by atoms with Crippen molar-refractivity contribution in [3.63, 3.8) is 0 Å². The fraction of sp³-hybridized carbons (Fsp3) is 0.900. The molecule has 0 amide bonds. The van der Waals surface area contributed by atoms with Crippen LogP contribution in [0.1, 0.15) is 6.42 Å². The Balaban J connectivity index is 2.84. The molecule has 1 rings (SSSR count). The predicted octanol–water partition coefficient (Wildman–Crippen LogP) is -1.59. The van der Waals surface area contributed by atoms with Gasteiger partial charge < -0.3 is 25.2 Å². The van der Waals surface area contributed by atoms with Crippen molar-refractivity contribution in [1.29, 1.82) is 0 Å². The van der Waals surface area contributed by atoms with Gasteiger partial charge in [-0.25, -0.2) is 4.28 Å². The standard InChI is InChI=1S/C10H19NO9S3/c1-21-3-2-6(11-20-23(16,17)18)22-10-9(15)8(14)7(13)5(4-12)19-10/h5,7-10,12-15H,2-4H2,1H3,(H,16,17,18)/b11-6-/t5-,7-,8+,9+,10+/m0/s1. The molecule has 0 aliphatic carbocycles. The number of thioether (sulfide) groups is 2. The van der Waals surface area contributed by atoms with Crippen molar-refractivity contribution in [2.45, 2.75) is 36.3 Å². The van der Waals surface area contributed by atoms with E-state index >= 15 is 0 Å². The minimum Gasteiger partial charge on any atom is -0.394 e. The first kappa shape index (κ1) is 20.9. The van der Waals surface area contributed by atoms with Gasteiger partial charge in [0.05, 0.1) is 6.61 Å². The first-order valence-corrected chi connectivity index (χ1v) is 10.0. The Morgan fingerprint density at radius 3 is 2.43 bits per heavy atom. The Labute approximate surface area is 141 Å². The molecule has 1 aliphatic rings. The highest BCUT2D eigenvalue weighted by Crippen LogP contribution is 2.30. The second-order valence-electron chi connectivity index (χ2n) is 4.55. The van der Waals surface area contributed by atoms with Crippen molar-refractivity contribution in [3.05, 3.63) is 0 Å². The number of rotatable bonds is 7. The molecule has 0 aromatic heterocycles. The van der Waals surface area contributed by atoms with Gasteiger partial charge in [0.1, 0.15) is 34.9 Å². The second kappa shape index (κ2) is 9.39. The van der Waals surface area contributed by atoms with Crippen LogP contribution in [0.3, 0.4) is 0 Å². The van der Waals surface area contributed by atoms with Crippen molar-refractivity contribution in [3.8, 4) is 0 Å². The number of aliphatic hydroxyl groups is 4. The number of ether oxygens (including phenoxy) is 1. The molecule has 10 nitrogen and oxygen atoms in total. The molecule has 0 spiro atoms. The Hall–Kier alpha value is -0.120. The van der Waals surface area contributed by atoms with Crippen LogP contribution in [0.15, 0.2) is 5.16 Å². The van der Waals surface area contributed by atoms with Gasteiger partial charge in [0.15, 0.2) is 0 Å². The highest BCUT2D eigenvalue weighted by Gasteiger charge is 2.44. The molecule has 0 bridgehead atoms. The fourth-order valence-corrected chi connectivity index (χ4v) is 3.53. The van der Waals surface area contributed by atoms with Gasteiger partial charge in [0.2, 0.25) is 0 Å². The number of hydrogen-bond acceptors (Lipinski definition) is 11. The molecular formula is C10H19NO9S3. The molecule has 5 atom stereocenters. The normalized spacial score (nSPS) is 32.8. The van der Waals surface area contributed by atoms with Gasteiger partial charge in [0, 0.05) is 6.42 Å². The summed E-state index contributed by atoms with van der Waals surface area (Å²) in [5.41, 5.74) is -1.11. The quantitative estimate of drug-likeness (QED) is 0.146. The number of nitrogens with zero attached hydrogens (tertiary/aromatic N) is 1. The summed E-state index contributed by atoms with van der Waals surface area (Å²) in [5.74, 6) is 0.540. The number of aliphatic hydroxyl groups excluding tert-OH is 4. The third-order valence-electron chi connectivity index (χ3n) is 2.85. The zero-order chi connectivity index (χ0) is 17.6. The largest absolute Gasteiger partial charge is 0.466 e. The minimum absolute atomic E-state index is 0.0845. The Morgan fingerprint density at radius 1 is 1.26 bits per heavy atom. The summed E-state index contributed by atoms with van der Waals surface area (Å²) < 4.78 is 38.9. The Kier molecular flexibility index (Phi) is 8.54. The molecule has 0 aromatic carbocycles. The molecule has 136 valence electrons. The van der Waals surface area contributed by atoms with E-state index in [0.717, 1.165) is 11.8 Å². The van der Waals surface area contributed by atoms with Crippen LogP contribution in [0.4, 0.5) is 0 Å². The molecule has 23 heavy (non-hydrogen) atoms. The van der Waals surface area contributed by atoms with E-state index in [2.05, 4.69) is 9.44 Å². The van der Waals surface area contributed by atoms with Crippen molar-refractivity contribution < 1.29 is 42.4 Å². The molecule has 0 radical (unpaired) electrons. The lowest BCUT2D eigenvalue weighted by Crippen LogP contribution is -2.57. The van der Waals surface area contributed by atoms with E-state index in [1.54, 1.807) is 6.26 Å². The van der Waals surface area contributed by atoms with Crippen LogP contribution in [0, 0.1) is 0 Å². The molecule has 1 aliphatic heterocycles. The molecule has 5 N–H and O–H groups in total. The van der Waals surface area contributed by atoms with E-state index in [1.165, 1.54) is 11.8 Å². The number of oxime groups is 1. The van der Waals surface area contributed by atoms with Gasteiger partial charge in [-0.3, -0.25) is 4.55 Å². The van der Waals surface area contributed by atoms with Crippen molar-refractivity contribution in [2.75, 3.05) is 18.6 Å². The average Bonchev–Trinajstić information content (AvgIpc) is 2.49. The van der Waals surface area contributed by atoms with Gasteiger partial charge >= 0.3 is 10.4 Å². The summed E-state index contributed by atoms with van der Waals surface area (Å²) >= 11 is 2.20. The smallest absolute Gasteiger partial charge is 0.394 e. The molecule has 0 aromatic rings. The topological polar surface area (TPSA) is 166 Å². The van der Waals surface area contributed by atoms with E-state index in [4.69, 9.17) is 14.4 Å². The van der Waals surface area contributed by atoms with Crippen LogP contribution in [-0.2, 0) is 19.4 Å². The van der Waals surface area contributed by atoms with Crippen LogP contribution in [0.2, 0.25) is 0 Å². The minimum atomic E-state index is -4.77. The summed E-state index contributed by atoms with van der Waals surface area (Å²) in [6.07, 6.45) is -3.58. The Bertz CT molecular complexity index is 498. The van der Waals surface area contributed by atoms with Crippen molar-refractivity contribution >= 4 is 39.0 Å². The van der Waals surface area contributed by atoms with Gasteiger partial charge in [-0.05, 0) is 12.0 Å². The first-order valence-electron chi connectivity index (χ1n) is 6.38. The van der Waals surface area contributed by atoms with Gasteiger partial charge in [-0.1, -0.05) is 16.9 Å². The van der Waals surface area contributed by atoms with Crippen LogP contribution in [0.5, 0.6) is 0 Å². The Morgan fingerprint density at radius 2 is 1.91 bits per heavy atom. The molecule has 13 heteroatoms. The molecule has 1 fully saturated rings. The summed E-state index contributed by atoms with van der Waals surface area (Å²) in [7, 11) is -4.77. The van der Waals surface area contributed by atoms with Gasteiger partial charge in [-0.2, -0.15) is 20.2 Å². The van der Waals surface area contributed by atoms with Crippen LogP contribution < -0.4 is 0 Å². The fourth-order valence-electron chi connectivity index (χ4n) is 1.70. The van der Waals surface area contributed by atoms with Crippen LogP contribution >= 0.6 is 23.5 Å². The zero-order valence-electron chi connectivity index (χ0n) is 12.0. The van der Waals surface area contributed by atoms with Crippen molar-refractivity contribution in [1.82, 2.24) is 0 Å². The molecule has 1 heterocycles. The maximum absolute atomic E-state index is 10.6. The molecule has 0 unspecified atom stereocenters. The first-order chi connectivity index (χ1) is 10.7. The molecule has 1 saturated heterocycles. The van der Waals surface area contributed by atoms with Crippen LogP contribution in [0.25, 0.3) is 0 Å². The summed E-state index contributed by atoms with van der Waals surface area (Å²) in [6.45, 7) is -0.583. The lowest BCUT2D eigenvalue weighted by atomic mass is 10.0. The highest BCUT2D eigenvalue weighted by molar-refractivity contribution is 8.14. The van der Waals surface area contributed by atoms with Crippen molar-refractivity contribution in [2.24, 2.45) is 5.16 Å². The molecular weight excluding hydrogens is 374 g/mol. The SMILES string of the molecule is CSCC/C(=N/OS(=O)(=O)O)S[C@H]1O[C@@H](CO)[C@H](O)[C@@H](O)[C@H]1O. The van der Waals surface area contributed by atoms with E-state index in [1.807, 2.05) is 0 Å². The summed E-state index contributed by atoms with van der Waals surface area (Å²) in [6, 6.07) is 0. The van der Waals surface area contributed by atoms with E-state index in [9.17, 15) is 23.7 Å². The monoisotopic (exact) mass is 393 g/mol. The number of hydrogen-bond donors (Lipinski definition) is 5. The maximum atomic E-state index is 10.6. The van der Waals surface area contributed by atoms with Gasteiger partial charge in [-0.15, -0.1) is 0 Å². The molecule has 0 saturated carbocycles. The third kappa shape index (κ3) is 6.72. The predicted molar refractivity (Wildman–Crippen MR) is 84.4 cm³/mol. The highest BCUT2D eigenvalue weighted by atomic mass is 32.3. The average molecular weight is 393 g/mol. The lowest BCUT2D eigenvalue weighted by molar-refractivity contribution is -0.205. The van der Waals surface area contributed by atoms with E-state index in [0.29, 0.717) is 5.75 Å². The third-order valence-corrected chi connectivity index (χ3v) is 4.90. The lowest BCUT2D eigenvalue weighted by Gasteiger charge is -2.39. The van der Waals surface area contributed by atoms with Crippen LogP contribution in [-0.4, -0.2) is 86.9 Å². The van der Waals surface area contributed by atoms with Gasteiger partial charge in [0.25, 0.3) is 0 Å².